The van der Waals surface area contributed by atoms with E-state index < -0.39 is 0 Å². The molecule has 1 unspecified atom stereocenters. The van der Waals surface area contributed by atoms with Gasteiger partial charge in [0, 0.05) is 19.5 Å². The van der Waals surface area contributed by atoms with Crippen molar-refractivity contribution in [2.45, 2.75) is 25.8 Å². The van der Waals surface area contributed by atoms with Gasteiger partial charge in [0.2, 0.25) is 5.95 Å². The van der Waals surface area contributed by atoms with Crippen LogP contribution in [-0.2, 0) is 6.42 Å². The number of nitrogens with zero attached hydrogens (tertiary/aromatic N) is 2. The van der Waals surface area contributed by atoms with Crippen molar-refractivity contribution in [3.63, 3.8) is 0 Å². The zero-order chi connectivity index (χ0) is 13.7. The molecule has 0 saturated carbocycles. The van der Waals surface area contributed by atoms with Gasteiger partial charge < -0.3 is 15.1 Å². The van der Waals surface area contributed by atoms with Crippen LogP contribution in [0.5, 0.6) is 0 Å². The minimum absolute atomic E-state index is 0.238. The van der Waals surface area contributed by atoms with E-state index in [9.17, 15) is 0 Å². The van der Waals surface area contributed by atoms with E-state index in [1.807, 2.05) is 12.1 Å². The second kappa shape index (κ2) is 6.43. The van der Waals surface area contributed by atoms with E-state index in [2.05, 4.69) is 27.5 Å². The Bertz CT molecular complexity index is 515. The molecule has 0 aliphatic rings. The van der Waals surface area contributed by atoms with Gasteiger partial charge in [-0.15, -0.1) is 0 Å². The zero-order valence-electron chi connectivity index (χ0n) is 11.0. The Hall–Kier alpha value is -1.75. The predicted molar refractivity (Wildman–Crippen MR) is 76.7 cm³/mol. The lowest BCUT2D eigenvalue weighted by molar-refractivity contribution is 0.495. The summed E-state index contributed by atoms with van der Waals surface area (Å²) in [5, 5.41) is 6.69. The molecule has 0 aliphatic carbocycles. The molecule has 0 fully saturated rings. The Morgan fingerprint density at radius 2 is 2.32 bits per heavy atom. The summed E-state index contributed by atoms with van der Waals surface area (Å²) in [5.41, 5.74) is 0. The lowest BCUT2D eigenvalue weighted by atomic mass is 10.1. The number of furan rings is 1. The summed E-state index contributed by atoms with van der Waals surface area (Å²) >= 11 is 6.06. The lowest BCUT2D eigenvalue weighted by Gasteiger charge is -2.15. The number of hydrogen-bond donors (Lipinski definition) is 2. The van der Waals surface area contributed by atoms with Crippen molar-refractivity contribution < 1.29 is 4.42 Å². The van der Waals surface area contributed by atoms with Gasteiger partial charge in [-0.05, 0) is 25.5 Å². The number of nitrogens with one attached hydrogen (secondary N) is 2. The number of anilines is 2. The molecule has 0 radical (unpaired) electrons. The molecule has 0 bridgehead atoms. The van der Waals surface area contributed by atoms with Crippen LogP contribution in [0.25, 0.3) is 0 Å². The third-order valence-corrected chi connectivity index (χ3v) is 3.03. The molecule has 2 N–H and O–H groups in total. The highest BCUT2D eigenvalue weighted by Gasteiger charge is 2.09. The molecule has 2 rings (SSSR count). The topological polar surface area (TPSA) is 63.0 Å². The van der Waals surface area contributed by atoms with E-state index in [-0.39, 0.29) is 6.04 Å². The van der Waals surface area contributed by atoms with Crippen molar-refractivity contribution in [2.75, 3.05) is 17.7 Å². The fourth-order valence-electron chi connectivity index (χ4n) is 1.71. The Labute approximate surface area is 117 Å². The van der Waals surface area contributed by atoms with Crippen LogP contribution in [0.3, 0.4) is 0 Å². The molecular formula is C13H17ClN4O. The van der Waals surface area contributed by atoms with Crippen LogP contribution in [0.1, 0.15) is 19.1 Å². The number of aryl methyl sites for hydroxylation is 1. The van der Waals surface area contributed by atoms with Crippen molar-refractivity contribution in [3.05, 3.63) is 35.4 Å². The van der Waals surface area contributed by atoms with Gasteiger partial charge in [-0.1, -0.05) is 11.6 Å². The monoisotopic (exact) mass is 280 g/mol. The fraction of sp³-hybridized carbons (Fsp3) is 0.385. The quantitative estimate of drug-likeness (QED) is 0.851. The van der Waals surface area contributed by atoms with Crippen LogP contribution < -0.4 is 10.6 Å². The largest absolute Gasteiger partial charge is 0.469 e. The van der Waals surface area contributed by atoms with Crippen molar-refractivity contribution >= 4 is 23.4 Å². The molecule has 0 spiro atoms. The Kier molecular flexibility index (Phi) is 4.63. The molecule has 2 aromatic rings. The highest BCUT2D eigenvalue weighted by molar-refractivity contribution is 6.32. The van der Waals surface area contributed by atoms with Crippen LogP contribution in [0.15, 0.2) is 29.0 Å². The summed E-state index contributed by atoms with van der Waals surface area (Å²) in [6.45, 7) is 2.08. The summed E-state index contributed by atoms with van der Waals surface area (Å²) in [4.78, 5) is 8.33. The van der Waals surface area contributed by atoms with Crippen molar-refractivity contribution in [1.29, 1.82) is 0 Å². The Morgan fingerprint density at radius 1 is 1.47 bits per heavy atom. The summed E-state index contributed by atoms with van der Waals surface area (Å²) in [5.74, 6) is 2.18. The normalized spacial score (nSPS) is 12.2. The average Bonchev–Trinajstić information content (AvgIpc) is 2.92. The second-order valence-electron chi connectivity index (χ2n) is 4.30. The Morgan fingerprint density at radius 3 is 3.00 bits per heavy atom. The number of hydrogen-bond acceptors (Lipinski definition) is 5. The first-order valence-electron chi connectivity index (χ1n) is 6.18. The van der Waals surface area contributed by atoms with Crippen LogP contribution >= 0.6 is 11.6 Å². The third kappa shape index (κ3) is 3.86. The van der Waals surface area contributed by atoms with Crippen molar-refractivity contribution in [2.24, 2.45) is 0 Å². The van der Waals surface area contributed by atoms with Gasteiger partial charge >= 0.3 is 0 Å². The molecule has 102 valence electrons. The maximum Gasteiger partial charge on any atom is 0.224 e. The van der Waals surface area contributed by atoms with E-state index in [0.29, 0.717) is 16.8 Å². The standard InChI is InChI=1S/C13H17ClN4O/c1-9(5-6-10-4-3-7-19-10)17-12-11(14)8-16-13(15-2)18-12/h3-4,7-9H,5-6H2,1-2H3,(H2,15,16,17,18). The summed E-state index contributed by atoms with van der Waals surface area (Å²) in [6, 6.07) is 4.11. The second-order valence-corrected chi connectivity index (χ2v) is 4.71. The van der Waals surface area contributed by atoms with Gasteiger partial charge in [0.1, 0.15) is 10.8 Å². The van der Waals surface area contributed by atoms with Gasteiger partial charge in [0.05, 0.1) is 12.5 Å². The van der Waals surface area contributed by atoms with Crippen molar-refractivity contribution in [3.8, 4) is 0 Å². The first-order valence-corrected chi connectivity index (χ1v) is 6.56. The molecule has 0 aromatic carbocycles. The van der Waals surface area contributed by atoms with E-state index in [1.165, 1.54) is 0 Å². The number of rotatable bonds is 6. The first kappa shape index (κ1) is 13.7. The van der Waals surface area contributed by atoms with Crippen molar-refractivity contribution in [1.82, 2.24) is 9.97 Å². The predicted octanol–water partition coefficient (Wildman–Crippen LogP) is 3.20. The third-order valence-electron chi connectivity index (χ3n) is 2.75. The van der Waals surface area contributed by atoms with E-state index >= 15 is 0 Å². The smallest absolute Gasteiger partial charge is 0.224 e. The number of aromatic nitrogens is 2. The first-order chi connectivity index (χ1) is 9.19. The highest BCUT2D eigenvalue weighted by Crippen LogP contribution is 2.20. The molecule has 0 aliphatic heterocycles. The highest BCUT2D eigenvalue weighted by atomic mass is 35.5. The summed E-state index contributed by atoms with van der Waals surface area (Å²) in [6.07, 6.45) is 5.08. The molecule has 2 heterocycles. The van der Waals surface area contributed by atoms with Crippen LogP contribution in [0.2, 0.25) is 5.02 Å². The van der Waals surface area contributed by atoms with E-state index in [1.54, 1.807) is 19.5 Å². The number of halogens is 1. The molecule has 0 saturated heterocycles. The van der Waals surface area contributed by atoms with Gasteiger partial charge in [-0.3, -0.25) is 0 Å². The average molecular weight is 281 g/mol. The molecule has 2 aromatic heterocycles. The summed E-state index contributed by atoms with van der Waals surface area (Å²) in [7, 11) is 1.77. The Balaban J connectivity index is 1.92. The minimum atomic E-state index is 0.238. The SMILES string of the molecule is CNc1ncc(Cl)c(NC(C)CCc2ccco2)n1. The molecule has 0 amide bonds. The van der Waals surface area contributed by atoms with Crippen LogP contribution in [0.4, 0.5) is 11.8 Å². The minimum Gasteiger partial charge on any atom is -0.469 e. The lowest BCUT2D eigenvalue weighted by Crippen LogP contribution is -2.17. The van der Waals surface area contributed by atoms with Gasteiger partial charge in [-0.2, -0.15) is 4.98 Å². The fourth-order valence-corrected chi connectivity index (χ4v) is 1.85. The maximum atomic E-state index is 6.06. The zero-order valence-corrected chi connectivity index (χ0v) is 11.7. The van der Waals surface area contributed by atoms with E-state index in [0.717, 1.165) is 18.6 Å². The van der Waals surface area contributed by atoms with E-state index in [4.69, 9.17) is 16.0 Å². The van der Waals surface area contributed by atoms with Gasteiger partial charge in [0.15, 0.2) is 5.82 Å². The van der Waals surface area contributed by atoms with Gasteiger partial charge in [-0.25, -0.2) is 4.98 Å². The molecule has 6 heteroatoms. The molecule has 5 nitrogen and oxygen atoms in total. The molecule has 19 heavy (non-hydrogen) atoms. The molecule has 1 atom stereocenters. The van der Waals surface area contributed by atoms with Crippen LogP contribution in [0, 0.1) is 0 Å². The van der Waals surface area contributed by atoms with Gasteiger partial charge in [0.25, 0.3) is 0 Å². The maximum absolute atomic E-state index is 6.06. The van der Waals surface area contributed by atoms with Crippen LogP contribution in [-0.4, -0.2) is 23.1 Å². The summed E-state index contributed by atoms with van der Waals surface area (Å²) < 4.78 is 5.30. The molecular weight excluding hydrogens is 264 g/mol.